The Balaban J connectivity index is 0.868. The molecule has 1 aromatic heterocycles. The van der Waals surface area contributed by atoms with Gasteiger partial charge < -0.3 is 4.74 Å². The maximum atomic E-state index is 14.7. The van der Waals surface area contributed by atoms with Gasteiger partial charge in [-0.3, -0.25) is 14.4 Å². The summed E-state index contributed by atoms with van der Waals surface area (Å²) in [5, 5.41) is 8.08. The maximum Gasteiger partial charge on any atom is 0.272 e. The number of hydrogen-bond acceptors (Lipinski definition) is 5. The molecule has 0 amide bonds. The van der Waals surface area contributed by atoms with Gasteiger partial charge in [0.05, 0.1) is 22.7 Å². The largest absolute Gasteiger partial charge is 0.378 e. The molecule has 47 heavy (non-hydrogen) atoms. The second-order valence-electron chi connectivity index (χ2n) is 14.5. The molecule has 7 heteroatoms. The monoisotopic (exact) mass is 636 g/mol. The van der Waals surface area contributed by atoms with Crippen LogP contribution in [0.2, 0.25) is 0 Å². The first kappa shape index (κ1) is 31.9. The Morgan fingerprint density at radius 1 is 0.979 bits per heavy atom. The summed E-state index contributed by atoms with van der Waals surface area (Å²) in [6.07, 6.45) is 15.1. The molecule has 0 unspecified atom stereocenters. The summed E-state index contributed by atoms with van der Waals surface area (Å²) in [7, 11) is 0. The van der Waals surface area contributed by atoms with Gasteiger partial charge in [-0.1, -0.05) is 49.6 Å². The zero-order chi connectivity index (χ0) is 32.5. The number of Topliss-reactive ketones (excluding diaryl/α,β-unsaturated/α-hetero) is 1. The lowest BCUT2D eigenvalue weighted by Gasteiger charge is -2.49. The summed E-state index contributed by atoms with van der Waals surface area (Å²) >= 11 is 0. The number of rotatable bonds is 11. The molecular formula is C40H45FN2O4. The lowest BCUT2D eigenvalue weighted by molar-refractivity contribution is -0.114. The normalized spacial score (nSPS) is 25.4. The summed E-state index contributed by atoms with van der Waals surface area (Å²) in [6.45, 7) is 3.21. The van der Waals surface area contributed by atoms with Crippen LogP contribution in [-0.4, -0.2) is 34.5 Å². The van der Waals surface area contributed by atoms with E-state index >= 15 is 0 Å². The second kappa shape index (κ2) is 13.4. The highest BCUT2D eigenvalue weighted by Gasteiger charge is 2.54. The first-order valence-electron chi connectivity index (χ1n) is 17.7. The number of aromatic nitrogens is 2. The number of H-pyrrole nitrogens is 1. The minimum atomic E-state index is -0.500. The van der Waals surface area contributed by atoms with E-state index in [9.17, 15) is 18.8 Å². The predicted molar refractivity (Wildman–Crippen MR) is 181 cm³/mol. The van der Waals surface area contributed by atoms with Gasteiger partial charge in [0.25, 0.3) is 5.56 Å². The van der Waals surface area contributed by atoms with Crippen LogP contribution in [0, 0.1) is 23.1 Å². The van der Waals surface area contributed by atoms with Crippen molar-refractivity contribution in [2.24, 2.45) is 17.3 Å². The number of ether oxygens (including phenoxy) is 1. The molecule has 4 aliphatic carbocycles. The summed E-state index contributed by atoms with van der Waals surface area (Å²) in [6, 6.07) is 11.9. The van der Waals surface area contributed by atoms with Crippen molar-refractivity contribution in [3.63, 3.8) is 0 Å². The number of benzene rings is 2. The number of halogens is 1. The fourth-order valence-electron chi connectivity index (χ4n) is 9.25. The van der Waals surface area contributed by atoms with Gasteiger partial charge in [-0.15, -0.1) is 0 Å². The summed E-state index contributed by atoms with van der Waals surface area (Å²) in [5.41, 5.74) is 6.09. The van der Waals surface area contributed by atoms with E-state index in [-0.39, 0.29) is 22.3 Å². The smallest absolute Gasteiger partial charge is 0.272 e. The van der Waals surface area contributed by atoms with Crippen molar-refractivity contribution in [3.05, 3.63) is 98.3 Å². The molecule has 4 aliphatic rings. The van der Waals surface area contributed by atoms with E-state index in [0.717, 1.165) is 68.9 Å². The molecule has 0 aliphatic heterocycles. The van der Waals surface area contributed by atoms with E-state index in [1.54, 1.807) is 23.8 Å². The average Bonchev–Trinajstić information content (AvgIpc) is 3.42. The minimum absolute atomic E-state index is 0.122. The molecule has 6 nitrogen and oxygen atoms in total. The van der Waals surface area contributed by atoms with Gasteiger partial charge in [0.2, 0.25) is 0 Å². The number of carbonyl (C=O) groups is 2. The van der Waals surface area contributed by atoms with Gasteiger partial charge in [0.15, 0.2) is 11.6 Å². The van der Waals surface area contributed by atoms with Crippen molar-refractivity contribution >= 4 is 22.3 Å². The highest BCUT2D eigenvalue weighted by molar-refractivity contribution is 5.96. The third-order valence-electron chi connectivity index (χ3n) is 11.7. The van der Waals surface area contributed by atoms with Gasteiger partial charge in [-0.05, 0) is 116 Å². The van der Waals surface area contributed by atoms with Gasteiger partial charge in [0.1, 0.15) is 5.82 Å². The molecular weight excluding hydrogens is 591 g/mol. The van der Waals surface area contributed by atoms with Gasteiger partial charge >= 0.3 is 0 Å². The maximum absolute atomic E-state index is 14.7. The summed E-state index contributed by atoms with van der Waals surface area (Å²) < 4.78 is 21.3. The zero-order valence-electron chi connectivity index (χ0n) is 27.4. The molecule has 1 N–H and O–H groups in total. The van der Waals surface area contributed by atoms with Crippen molar-refractivity contribution in [1.82, 2.24) is 10.2 Å². The Bertz CT molecular complexity index is 1820. The fourth-order valence-corrected chi connectivity index (χ4v) is 9.25. The van der Waals surface area contributed by atoms with Crippen LogP contribution in [0.15, 0.2) is 70.1 Å². The van der Waals surface area contributed by atoms with E-state index in [0.29, 0.717) is 54.1 Å². The molecule has 1 heterocycles. The average molecular weight is 637 g/mol. The zero-order valence-corrected chi connectivity index (χ0v) is 27.4. The van der Waals surface area contributed by atoms with Crippen LogP contribution in [0.4, 0.5) is 4.39 Å². The first-order chi connectivity index (χ1) is 22.8. The lowest BCUT2D eigenvalue weighted by Crippen LogP contribution is -2.43. The minimum Gasteiger partial charge on any atom is -0.378 e. The van der Waals surface area contributed by atoms with Crippen LogP contribution >= 0.6 is 0 Å². The molecule has 2 aromatic carbocycles. The number of unbranched alkanes of at least 4 members (excludes halogenated alkanes) is 3. The standard InChI is InChI=1S/C40H45FN2O4/c1-40-20-19-29-28-15-13-27(44)24-26(28)12-14-30(29)34(40)16-18-38(40)47-21-7-3-2-4-10-37(45)33-22-25(11-17-35(33)41)23-36-31-8-5-6-9-32(31)39(46)43-42-36/h5-6,8-9,11,17,22,24,30,34,38H,2-4,7,10,12-16,18-21,23H2,1H3,(H,43,46)/t30-,34+,38+,40+/m1/s1. The molecule has 0 spiro atoms. The molecule has 7 rings (SSSR count). The van der Waals surface area contributed by atoms with Crippen molar-refractivity contribution in [1.29, 1.82) is 0 Å². The Labute approximate surface area is 275 Å². The van der Waals surface area contributed by atoms with Crippen LogP contribution < -0.4 is 5.56 Å². The Hall–Kier alpha value is -3.71. The fraction of sp³-hybridized carbons (Fsp3) is 0.500. The van der Waals surface area contributed by atoms with Crippen LogP contribution in [0.3, 0.4) is 0 Å². The predicted octanol–water partition coefficient (Wildman–Crippen LogP) is 8.38. The Morgan fingerprint density at radius 2 is 1.81 bits per heavy atom. The molecule has 2 saturated carbocycles. The van der Waals surface area contributed by atoms with Crippen LogP contribution in [-0.2, 0) is 16.0 Å². The van der Waals surface area contributed by atoms with E-state index in [4.69, 9.17) is 4.74 Å². The van der Waals surface area contributed by atoms with Crippen molar-refractivity contribution < 1.29 is 18.7 Å². The van der Waals surface area contributed by atoms with E-state index < -0.39 is 5.82 Å². The molecule has 0 radical (unpaired) electrons. The Morgan fingerprint density at radius 3 is 2.68 bits per heavy atom. The molecule has 4 atom stereocenters. The molecule has 2 fully saturated rings. The van der Waals surface area contributed by atoms with Crippen LogP contribution in [0.1, 0.15) is 112 Å². The van der Waals surface area contributed by atoms with Gasteiger partial charge in [-0.2, -0.15) is 5.10 Å². The number of hydrogen-bond donors (Lipinski definition) is 1. The number of carbonyl (C=O) groups excluding carboxylic acids is 2. The van der Waals surface area contributed by atoms with Crippen LogP contribution in [0.25, 0.3) is 10.8 Å². The number of fused-ring (bicyclic) bond motifs is 5. The topological polar surface area (TPSA) is 89.1 Å². The number of allylic oxidation sites excluding steroid dienone is 4. The van der Waals surface area contributed by atoms with Crippen molar-refractivity contribution in [2.45, 2.75) is 103 Å². The highest BCUT2D eigenvalue weighted by atomic mass is 19.1. The Kier molecular flexibility index (Phi) is 9.10. The third-order valence-corrected chi connectivity index (χ3v) is 11.7. The third kappa shape index (κ3) is 6.31. The SMILES string of the molecule is C[C@]12CCC3=C4CCC(=O)C=C4CC[C@H]3[C@@H]1CC[C@@H]2OCCCCCCC(=O)c1cc(Cc2n[nH]c(=O)c3ccccc23)ccc1F. The van der Waals surface area contributed by atoms with Gasteiger partial charge in [0, 0.05) is 31.3 Å². The summed E-state index contributed by atoms with van der Waals surface area (Å²) in [5.74, 6) is 0.961. The summed E-state index contributed by atoms with van der Waals surface area (Å²) in [4.78, 5) is 37.1. The second-order valence-corrected chi connectivity index (χ2v) is 14.5. The van der Waals surface area contributed by atoms with Crippen LogP contribution in [0.5, 0.6) is 0 Å². The number of ketones is 2. The number of nitrogens with one attached hydrogen (secondary N) is 1. The first-order valence-corrected chi connectivity index (χ1v) is 17.7. The van der Waals surface area contributed by atoms with Crippen molar-refractivity contribution in [3.8, 4) is 0 Å². The number of aromatic amines is 1. The molecule has 0 bridgehead atoms. The van der Waals surface area contributed by atoms with Crippen molar-refractivity contribution in [2.75, 3.05) is 6.61 Å². The quantitative estimate of drug-likeness (QED) is 0.169. The molecule has 3 aromatic rings. The van der Waals surface area contributed by atoms with E-state index in [2.05, 4.69) is 17.1 Å². The number of nitrogens with zero attached hydrogens (tertiary/aromatic N) is 1. The molecule has 246 valence electrons. The van der Waals surface area contributed by atoms with E-state index in [1.165, 1.54) is 36.5 Å². The highest BCUT2D eigenvalue weighted by Crippen LogP contribution is 2.60. The molecule has 0 saturated heterocycles. The van der Waals surface area contributed by atoms with E-state index in [1.807, 2.05) is 24.3 Å². The lowest BCUT2D eigenvalue weighted by atomic mass is 9.57. The van der Waals surface area contributed by atoms with Gasteiger partial charge in [-0.25, -0.2) is 9.49 Å².